The fraction of sp³-hybridized carbons (Fsp3) is 0.167. The van der Waals surface area contributed by atoms with Gasteiger partial charge in [0.15, 0.2) is 0 Å². The molecule has 18 heavy (non-hydrogen) atoms. The fourth-order valence-electron chi connectivity index (χ4n) is 1.55. The van der Waals surface area contributed by atoms with Crippen molar-refractivity contribution in [2.24, 2.45) is 0 Å². The summed E-state index contributed by atoms with van der Waals surface area (Å²) in [6, 6.07) is 6.43. The summed E-state index contributed by atoms with van der Waals surface area (Å²) >= 11 is 0. The zero-order valence-corrected chi connectivity index (χ0v) is 9.19. The van der Waals surface area contributed by atoms with E-state index in [1.807, 2.05) is 0 Å². The summed E-state index contributed by atoms with van der Waals surface area (Å²) in [5.74, 6) is 0. The van der Waals surface area contributed by atoms with Gasteiger partial charge in [-0.2, -0.15) is 13.2 Å². The third kappa shape index (κ3) is 2.77. The molecule has 6 heteroatoms. The van der Waals surface area contributed by atoms with Gasteiger partial charge < -0.3 is 0 Å². The van der Waals surface area contributed by atoms with Crippen LogP contribution in [0.1, 0.15) is 11.1 Å². The molecule has 1 aromatic heterocycles. The number of halogens is 3. The number of aromatic nitrogens is 2. The molecule has 2 rings (SSSR count). The van der Waals surface area contributed by atoms with Crippen molar-refractivity contribution in [2.75, 3.05) is 0 Å². The molecule has 0 spiro atoms. The molecule has 0 bridgehead atoms. The molecule has 0 saturated heterocycles. The number of rotatable bonds is 2. The minimum absolute atomic E-state index is 0.0661. The van der Waals surface area contributed by atoms with E-state index in [9.17, 15) is 18.0 Å². The maximum absolute atomic E-state index is 12.5. The van der Waals surface area contributed by atoms with E-state index in [1.54, 1.807) is 6.07 Å². The summed E-state index contributed by atoms with van der Waals surface area (Å²) in [6.45, 7) is 0.0661. The molecule has 0 unspecified atom stereocenters. The van der Waals surface area contributed by atoms with Crippen molar-refractivity contribution in [3.63, 3.8) is 0 Å². The van der Waals surface area contributed by atoms with E-state index < -0.39 is 17.4 Å². The molecule has 94 valence electrons. The number of nitrogens with zero attached hydrogens (tertiary/aromatic N) is 2. The molecule has 3 nitrogen and oxygen atoms in total. The van der Waals surface area contributed by atoms with Gasteiger partial charge in [0.1, 0.15) is 0 Å². The molecule has 0 fully saturated rings. The molecular weight excluding hydrogens is 245 g/mol. The van der Waals surface area contributed by atoms with E-state index in [1.165, 1.54) is 29.1 Å². The van der Waals surface area contributed by atoms with E-state index >= 15 is 0 Å². The average molecular weight is 254 g/mol. The molecule has 1 aromatic carbocycles. The van der Waals surface area contributed by atoms with Crippen LogP contribution >= 0.6 is 0 Å². The average Bonchev–Trinajstić information content (AvgIpc) is 2.31. The Bertz CT molecular complexity index is 605. The van der Waals surface area contributed by atoms with Crippen molar-refractivity contribution in [1.82, 2.24) is 9.55 Å². The maximum atomic E-state index is 12.5. The van der Waals surface area contributed by atoms with Crippen molar-refractivity contribution in [3.8, 4) is 0 Å². The van der Waals surface area contributed by atoms with Crippen molar-refractivity contribution < 1.29 is 13.2 Å². The van der Waals surface area contributed by atoms with Crippen LogP contribution in [0, 0.1) is 0 Å². The molecule has 0 radical (unpaired) electrons. The standard InChI is InChI=1S/C12H9F3N2O/c13-12(14,15)10-4-1-3-9(7-10)8-17-6-2-5-16-11(17)18/h1-7H,8H2. The van der Waals surface area contributed by atoms with Crippen LogP contribution in [0.3, 0.4) is 0 Å². The SMILES string of the molecule is O=c1ncccn1Cc1cccc(C(F)(F)F)c1. The quantitative estimate of drug-likeness (QED) is 0.824. The van der Waals surface area contributed by atoms with Crippen molar-refractivity contribution in [3.05, 3.63) is 64.3 Å². The van der Waals surface area contributed by atoms with E-state index in [2.05, 4.69) is 4.98 Å². The second kappa shape index (κ2) is 4.64. The molecule has 0 aliphatic heterocycles. The molecule has 1 heterocycles. The first-order valence-electron chi connectivity index (χ1n) is 5.14. The Labute approximate surface area is 101 Å². The van der Waals surface area contributed by atoms with Crippen molar-refractivity contribution in [1.29, 1.82) is 0 Å². The van der Waals surface area contributed by atoms with Crippen LogP contribution in [0.25, 0.3) is 0 Å². The highest BCUT2D eigenvalue weighted by Gasteiger charge is 2.30. The minimum Gasteiger partial charge on any atom is -0.295 e. The first kappa shape index (κ1) is 12.3. The molecule has 0 N–H and O–H groups in total. The summed E-state index contributed by atoms with van der Waals surface area (Å²) < 4.78 is 38.8. The monoisotopic (exact) mass is 254 g/mol. The topological polar surface area (TPSA) is 34.9 Å². The van der Waals surface area contributed by atoms with Gasteiger partial charge in [-0.05, 0) is 23.8 Å². The number of alkyl halides is 3. The summed E-state index contributed by atoms with van der Waals surface area (Å²) in [4.78, 5) is 14.9. The van der Waals surface area contributed by atoms with Crippen LogP contribution in [0.5, 0.6) is 0 Å². The molecular formula is C12H9F3N2O. The van der Waals surface area contributed by atoms with Gasteiger partial charge in [0, 0.05) is 12.4 Å². The van der Waals surface area contributed by atoms with E-state index in [4.69, 9.17) is 0 Å². The number of hydrogen-bond donors (Lipinski definition) is 0. The lowest BCUT2D eigenvalue weighted by molar-refractivity contribution is -0.137. The normalized spacial score (nSPS) is 11.5. The Morgan fingerprint density at radius 1 is 1.22 bits per heavy atom. The van der Waals surface area contributed by atoms with Gasteiger partial charge in [-0.25, -0.2) is 9.78 Å². The lowest BCUT2D eigenvalue weighted by Gasteiger charge is -2.09. The third-order valence-corrected chi connectivity index (χ3v) is 2.39. The van der Waals surface area contributed by atoms with Gasteiger partial charge in [-0.1, -0.05) is 12.1 Å². The van der Waals surface area contributed by atoms with Gasteiger partial charge in [0.05, 0.1) is 12.1 Å². The third-order valence-electron chi connectivity index (χ3n) is 2.39. The Kier molecular flexibility index (Phi) is 3.18. The fourth-order valence-corrected chi connectivity index (χ4v) is 1.55. The first-order valence-corrected chi connectivity index (χ1v) is 5.14. The summed E-state index contributed by atoms with van der Waals surface area (Å²) in [6.07, 6.45) is -1.56. The highest BCUT2D eigenvalue weighted by atomic mass is 19.4. The van der Waals surface area contributed by atoms with Crippen molar-refractivity contribution in [2.45, 2.75) is 12.7 Å². The maximum Gasteiger partial charge on any atom is 0.416 e. The predicted molar refractivity (Wildman–Crippen MR) is 59.0 cm³/mol. The summed E-state index contributed by atoms with van der Waals surface area (Å²) in [5, 5.41) is 0. The predicted octanol–water partition coefficient (Wildman–Crippen LogP) is 2.31. The molecule has 2 aromatic rings. The first-order chi connectivity index (χ1) is 8.47. The van der Waals surface area contributed by atoms with Crippen LogP contribution in [-0.4, -0.2) is 9.55 Å². The lowest BCUT2D eigenvalue weighted by atomic mass is 10.1. The van der Waals surface area contributed by atoms with E-state index in [0.29, 0.717) is 5.56 Å². The zero-order valence-electron chi connectivity index (χ0n) is 9.19. The second-order valence-corrected chi connectivity index (χ2v) is 3.73. The van der Waals surface area contributed by atoms with Gasteiger partial charge in [-0.15, -0.1) is 0 Å². The molecule has 0 atom stereocenters. The number of hydrogen-bond acceptors (Lipinski definition) is 2. The van der Waals surface area contributed by atoms with Gasteiger partial charge in [0.2, 0.25) is 0 Å². The smallest absolute Gasteiger partial charge is 0.295 e. The van der Waals surface area contributed by atoms with E-state index in [-0.39, 0.29) is 6.54 Å². The molecule has 0 aliphatic rings. The molecule has 0 amide bonds. The van der Waals surface area contributed by atoms with Crippen LogP contribution < -0.4 is 5.69 Å². The van der Waals surface area contributed by atoms with Crippen LogP contribution in [-0.2, 0) is 12.7 Å². The Morgan fingerprint density at radius 3 is 2.67 bits per heavy atom. The second-order valence-electron chi connectivity index (χ2n) is 3.73. The highest BCUT2D eigenvalue weighted by Crippen LogP contribution is 2.29. The minimum atomic E-state index is -4.38. The molecule has 0 saturated carbocycles. The Balaban J connectivity index is 2.31. The Morgan fingerprint density at radius 2 is 2.00 bits per heavy atom. The Hall–Kier alpha value is -2.11. The van der Waals surface area contributed by atoms with Gasteiger partial charge in [-0.3, -0.25) is 4.57 Å². The van der Waals surface area contributed by atoms with E-state index in [0.717, 1.165) is 12.1 Å². The zero-order chi connectivity index (χ0) is 13.2. The number of benzene rings is 1. The van der Waals surface area contributed by atoms with Crippen molar-refractivity contribution >= 4 is 0 Å². The van der Waals surface area contributed by atoms with Gasteiger partial charge >= 0.3 is 11.9 Å². The summed E-state index contributed by atoms with van der Waals surface area (Å²) in [5.41, 5.74) is -0.813. The lowest BCUT2D eigenvalue weighted by Crippen LogP contribution is -2.22. The molecule has 0 aliphatic carbocycles. The van der Waals surface area contributed by atoms with Crippen LogP contribution in [0.15, 0.2) is 47.5 Å². The van der Waals surface area contributed by atoms with Crippen LogP contribution in [0.2, 0.25) is 0 Å². The van der Waals surface area contributed by atoms with Crippen LogP contribution in [0.4, 0.5) is 13.2 Å². The highest BCUT2D eigenvalue weighted by molar-refractivity contribution is 5.25. The summed E-state index contributed by atoms with van der Waals surface area (Å²) in [7, 11) is 0. The van der Waals surface area contributed by atoms with Gasteiger partial charge in [0.25, 0.3) is 0 Å². The largest absolute Gasteiger partial charge is 0.416 e.